The Hall–Kier alpha value is -1.65. The fraction of sp³-hybridized carbons (Fsp3) is 0.200. The summed E-state index contributed by atoms with van der Waals surface area (Å²) < 4.78 is 19.0. The molecule has 1 atom stereocenters. The number of hydrogen-bond acceptors (Lipinski definition) is 3. The Morgan fingerprint density at radius 2 is 2.11 bits per heavy atom. The van der Waals surface area contributed by atoms with E-state index in [1.165, 1.54) is 22.6 Å². The third kappa shape index (κ3) is 2.17. The molecule has 4 heteroatoms. The summed E-state index contributed by atoms with van der Waals surface area (Å²) in [5.74, 6) is 0.571. The predicted molar refractivity (Wildman–Crippen MR) is 76.1 cm³/mol. The van der Waals surface area contributed by atoms with E-state index in [4.69, 9.17) is 4.42 Å². The number of rotatable bonds is 3. The van der Waals surface area contributed by atoms with Crippen molar-refractivity contribution in [3.05, 3.63) is 57.7 Å². The summed E-state index contributed by atoms with van der Waals surface area (Å²) in [6.45, 7) is 2.08. The first-order valence-corrected chi connectivity index (χ1v) is 6.97. The molecule has 0 aliphatic rings. The van der Waals surface area contributed by atoms with Gasteiger partial charge in [0.05, 0.1) is 0 Å². The lowest BCUT2D eigenvalue weighted by molar-refractivity contribution is 0.494. The molecule has 0 saturated heterocycles. The Morgan fingerprint density at radius 3 is 2.79 bits per heavy atom. The molecule has 19 heavy (non-hydrogen) atoms. The maximum absolute atomic E-state index is 13.2. The van der Waals surface area contributed by atoms with Crippen molar-refractivity contribution < 1.29 is 8.81 Å². The van der Waals surface area contributed by atoms with Gasteiger partial charge >= 0.3 is 0 Å². The van der Waals surface area contributed by atoms with E-state index < -0.39 is 0 Å². The summed E-state index contributed by atoms with van der Waals surface area (Å²) in [7, 11) is 1.90. The minimum Gasteiger partial charge on any atom is -0.459 e. The van der Waals surface area contributed by atoms with E-state index in [9.17, 15) is 4.39 Å². The quantitative estimate of drug-likeness (QED) is 0.773. The highest BCUT2D eigenvalue weighted by Gasteiger charge is 2.19. The summed E-state index contributed by atoms with van der Waals surface area (Å²) in [4.78, 5) is 1.22. The third-order valence-corrected chi connectivity index (χ3v) is 4.32. The van der Waals surface area contributed by atoms with Gasteiger partial charge in [-0.1, -0.05) is 0 Å². The van der Waals surface area contributed by atoms with Crippen LogP contribution in [0.1, 0.15) is 22.2 Å². The van der Waals surface area contributed by atoms with Crippen LogP contribution in [0, 0.1) is 12.7 Å². The Kier molecular flexibility index (Phi) is 3.12. The molecular weight excluding hydrogens is 261 g/mol. The number of fused-ring (bicyclic) bond motifs is 1. The Morgan fingerprint density at radius 1 is 1.26 bits per heavy atom. The van der Waals surface area contributed by atoms with Crippen LogP contribution in [-0.4, -0.2) is 7.05 Å². The molecule has 2 heterocycles. The van der Waals surface area contributed by atoms with E-state index in [0.717, 1.165) is 11.1 Å². The zero-order valence-electron chi connectivity index (χ0n) is 10.7. The molecule has 1 unspecified atom stereocenters. The van der Waals surface area contributed by atoms with Gasteiger partial charge in [0.25, 0.3) is 0 Å². The maximum Gasteiger partial charge on any atom is 0.134 e. The number of halogens is 1. The Balaban J connectivity index is 2.09. The zero-order chi connectivity index (χ0) is 13.4. The summed E-state index contributed by atoms with van der Waals surface area (Å²) in [5, 5.41) is 6.12. The second-order valence-corrected chi connectivity index (χ2v) is 5.47. The van der Waals surface area contributed by atoms with Crippen molar-refractivity contribution in [2.75, 3.05) is 7.05 Å². The minimum atomic E-state index is -0.242. The van der Waals surface area contributed by atoms with Gasteiger partial charge in [-0.05, 0) is 55.2 Å². The van der Waals surface area contributed by atoms with Crippen LogP contribution in [0.3, 0.4) is 0 Å². The molecule has 0 bridgehead atoms. The summed E-state index contributed by atoms with van der Waals surface area (Å²) in [6, 6.07) is 8.58. The largest absolute Gasteiger partial charge is 0.459 e. The first kappa shape index (κ1) is 12.4. The van der Waals surface area contributed by atoms with Gasteiger partial charge in [-0.3, -0.25) is 0 Å². The average molecular weight is 275 g/mol. The Labute approximate surface area is 114 Å². The highest BCUT2D eigenvalue weighted by molar-refractivity contribution is 7.10. The molecule has 0 aliphatic heterocycles. The molecule has 1 N–H and O–H groups in total. The molecule has 98 valence electrons. The number of hydrogen-bond donors (Lipinski definition) is 1. The molecule has 0 aliphatic carbocycles. The van der Waals surface area contributed by atoms with E-state index in [1.54, 1.807) is 17.4 Å². The maximum atomic E-state index is 13.2. The average Bonchev–Trinajstić information content (AvgIpc) is 2.97. The van der Waals surface area contributed by atoms with Crippen molar-refractivity contribution in [2.45, 2.75) is 13.0 Å². The highest BCUT2D eigenvalue weighted by Crippen LogP contribution is 2.32. The lowest BCUT2D eigenvalue weighted by atomic mass is 10.1. The molecule has 3 aromatic rings. The molecule has 0 fully saturated rings. The van der Waals surface area contributed by atoms with Gasteiger partial charge in [0.1, 0.15) is 23.2 Å². The van der Waals surface area contributed by atoms with Gasteiger partial charge in [-0.25, -0.2) is 4.39 Å². The lowest BCUT2D eigenvalue weighted by Gasteiger charge is -2.12. The number of aryl methyl sites for hydroxylation is 1. The van der Waals surface area contributed by atoms with Crippen molar-refractivity contribution in [3.63, 3.8) is 0 Å². The first-order chi connectivity index (χ1) is 9.19. The third-order valence-electron chi connectivity index (χ3n) is 3.23. The topological polar surface area (TPSA) is 25.2 Å². The van der Waals surface area contributed by atoms with Gasteiger partial charge in [0, 0.05) is 10.3 Å². The fourth-order valence-corrected chi connectivity index (χ4v) is 3.30. The number of furan rings is 1. The van der Waals surface area contributed by atoms with Gasteiger partial charge in [-0.2, -0.15) is 0 Å². The number of thiophene rings is 1. The van der Waals surface area contributed by atoms with Crippen LogP contribution in [0.2, 0.25) is 0 Å². The van der Waals surface area contributed by atoms with Crippen LogP contribution >= 0.6 is 11.3 Å². The molecule has 0 spiro atoms. The molecule has 2 nitrogen and oxygen atoms in total. The number of nitrogens with one attached hydrogen (secondary N) is 1. The highest BCUT2D eigenvalue weighted by atomic mass is 32.1. The van der Waals surface area contributed by atoms with E-state index >= 15 is 0 Å². The first-order valence-electron chi connectivity index (χ1n) is 6.09. The lowest BCUT2D eigenvalue weighted by Crippen LogP contribution is -2.16. The summed E-state index contributed by atoms with van der Waals surface area (Å²) >= 11 is 1.69. The normalized spacial score (nSPS) is 13.0. The van der Waals surface area contributed by atoms with Crippen LogP contribution in [0.5, 0.6) is 0 Å². The van der Waals surface area contributed by atoms with Crippen molar-refractivity contribution in [2.24, 2.45) is 0 Å². The van der Waals surface area contributed by atoms with Crippen molar-refractivity contribution >= 4 is 22.3 Å². The van der Waals surface area contributed by atoms with E-state index in [2.05, 4.69) is 23.7 Å². The zero-order valence-corrected chi connectivity index (χ0v) is 11.6. The van der Waals surface area contributed by atoms with Gasteiger partial charge in [0.2, 0.25) is 0 Å². The van der Waals surface area contributed by atoms with Crippen LogP contribution in [0.25, 0.3) is 11.0 Å². The van der Waals surface area contributed by atoms with E-state index in [1.807, 2.05) is 13.1 Å². The van der Waals surface area contributed by atoms with Crippen molar-refractivity contribution in [1.82, 2.24) is 5.32 Å². The van der Waals surface area contributed by atoms with Crippen LogP contribution < -0.4 is 5.32 Å². The smallest absolute Gasteiger partial charge is 0.134 e. The predicted octanol–water partition coefficient (Wildman–Crippen LogP) is 4.25. The van der Waals surface area contributed by atoms with Crippen molar-refractivity contribution in [3.8, 4) is 0 Å². The van der Waals surface area contributed by atoms with Gasteiger partial charge in [-0.15, -0.1) is 11.3 Å². The minimum absolute atomic E-state index is 0.00969. The van der Waals surface area contributed by atoms with Crippen LogP contribution in [0.15, 0.2) is 40.1 Å². The van der Waals surface area contributed by atoms with Gasteiger partial charge < -0.3 is 9.73 Å². The summed E-state index contributed by atoms with van der Waals surface area (Å²) in [5.41, 5.74) is 1.95. The molecule has 1 aromatic carbocycles. The Bertz CT molecular complexity index is 716. The summed E-state index contributed by atoms with van der Waals surface area (Å²) in [6.07, 6.45) is 0. The second kappa shape index (κ2) is 4.79. The monoisotopic (exact) mass is 275 g/mol. The van der Waals surface area contributed by atoms with Crippen LogP contribution in [-0.2, 0) is 0 Å². The standard InChI is InChI=1S/C15H14FNOS/c1-9-5-6-19-15(9)14(17-2)13-8-10-7-11(16)3-4-12(10)18-13/h3-8,14,17H,1-2H3. The number of benzene rings is 1. The van der Waals surface area contributed by atoms with E-state index in [-0.39, 0.29) is 11.9 Å². The van der Waals surface area contributed by atoms with Crippen LogP contribution in [0.4, 0.5) is 4.39 Å². The fourth-order valence-electron chi connectivity index (χ4n) is 2.26. The molecule has 0 saturated carbocycles. The molecule has 0 amide bonds. The SMILES string of the molecule is CNC(c1cc2cc(F)ccc2o1)c1sccc1C. The van der Waals surface area contributed by atoms with Crippen molar-refractivity contribution in [1.29, 1.82) is 0 Å². The molecule has 0 radical (unpaired) electrons. The molecular formula is C15H14FNOS. The van der Waals surface area contributed by atoms with E-state index in [0.29, 0.717) is 5.58 Å². The van der Waals surface area contributed by atoms with Gasteiger partial charge in [0.15, 0.2) is 0 Å². The second-order valence-electron chi connectivity index (χ2n) is 4.52. The molecule has 3 rings (SSSR count). The molecule has 2 aromatic heterocycles.